The summed E-state index contributed by atoms with van der Waals surface area (Å²) < 4.78 is 5.94. The fourth-order valence-electron chi connectivity index (χ4n) is 2.69. The van der Waals surface area contributed by atoms with E-state index in [1.807, 2.05) is 0 Å². The molecule has 0 N–H and O–H groups in total. The third-order valence-electron chi connectivity index (χ3n) is 3.52. The predicted molar refractivity (Wildman–Crippen MR) is 54.5 cm³/mol. The lowest BCUT2D eigenvalue weighted by molar-refractivity contribution is -0.0716. The van der Waals surface area contributed by atoms with Crippen LogP contribution in [0.1, 0.15) is 33.6 Å². The Labute approximate surface area is 81.2 Å². The molecule has 0 amide bonds. The van der Waals surface area contributed by atoms with E-state index in [4.69, 9.17) is 4.74 Å². The van der Waals surface area contributed by atoms with Gasteiger partial charge < -0.3 is 4.74 Å². The van der Waals surface area contributed by atoms with Crippen LogP contribution in [0.5, 0.6) is 0 Å². The first kappa shape index (κ1) is 9.26. The minimum absolute atomic E-state index is 0.479. The number of hydrogen-bond donors (Lipinski definition) is 0. The Morgan fingerprint density at radius 3 is 2.92 bits per heavy atom. The van der Waals surface area contributed by atoms with Gasteiger partial charge in [-0.05, 0) is 31.6 Å². The van der Waals surface area contributed by atoms with Crippen LogP contribution in [0.2, 0.25) is 0 Å². The van der Waals surface area contributed by atoms with Gasteiger partial charge >= 0.3 is 0 Å². The quantitative estimate of drug-likeness (QED) is 0.564. The maximum absolute atomic E-state index is 5.94. The van der Waals surface area contributed by atoms with Gasteiger partial charge in [-0.15, -0.1) is 0 Å². The molecule has 13 heavy (non-hydrogen) atoms. The average molecular weight is 180 g/mol. The van der Waals surface area contributed by atoms with E-state index in [2.05, 4.69) is 26.8 Å². The lowest BCUT2D eigenvalue weighted by Gasteiger charge is -2.41. The molecule has 0 spiro atoms. The van der Waals surface area contributed by atoms with Gasteiger partial charge in [0.1, 0.15) is 0 Å². The van der Waals surface area contributed by atoms with Crippen molar-refractivity contribution in [3.05, 3.63) is 11.6 Å². The SMILES string of the molecule is CC1=CC[C@H]2COC(C(C)C)[C@@H]1C2. The first-order valence-electron chi connectivity index (χ1n) is 5.46. The van der Waals surface area contributed by atoms with Gasteiger partial charge in [-0.2, -0.15) is 0 Å². The molecule has 1 aliphatic carbocycles. The van der Waals surface area contributed by atoms with Crippen LogP contribution in [-0.2, 0) is 4.74 Å². The predicted octanol–water partition coefficient (Wildman–Crippen LogP) is 3.01. The average Bonchev–Trinajstić information content (AvgIpc) is 2.12. The van der Waals surface area contributed by atoms with Crippen LogP contribution < -0.4 is 0 Å². The van der Waals surface area contributed by atoms with Crippen LogP contribution in [0, 0.1) is 17.8 Å². The highest BCUT2D eigenvalue weighted by molar-refractivity contribution is 5.12. The molecule has 0 saturated carbocycles. The van der Waals surface area contributed by atoms with Crippen molar-refractivity contribution in [1.82, 2.24) is 0 Å². The Kier molecular flexibility index (Phi) is 2.46. The molecule has 0 aromatic heterocycles. The Morgan fingerprint density at radius 2 is 2.23 bits per heavy atom. The molecule has 3 atom stereocenters. The Hall–Kier alpha value is -0.300. The highest BCUT2D eigenvalue weighted by atomic mass is 16.5. The molecule has 2 aliphatic rings. The van der Waals surface area contributed by atoms with Gasteiger partial charge in [-0.3, -0.25) is 0 Å². The largest absolute Gasteiger partial charge is 0.377 e. The molecule has 1 nitrogen and oxygen atoms in total. The summed E-state index contributed by atoms with van der Waals surface area (Å²) in [5.41, 5.74) is 1.56. The molecule has 1 heteroatoms. The van der Waals surface area contributed by atoms with Crippen molar-refractivity contribution in [2.45, 2.75) is 39.7 Å². The molecular formula is C12H20O. The van der Waals surface area contributed by atoms with E-state index in [9.17, 15) is 0 Å². The fraction of sp³-hybridized carbons (Fsp3) is 0.833. The summed E-state index contributed by atoms with van der Waals surface area (Å²) in [6.45, 7) is 7.80. The number of ether oxygens (including phenoxy) is 1. The Morgan fingerprint density at radius 1 is 1.46 bits per heavy atom. The molecule has 1 fully saturated rings. The molecule has 2 rings (SSSR count). The second-order valence-electron chi connectivity index (χ2n) is 4.93. The zero-order valence-electron chi connectivity index (χ0n) is 8.92. The first-order valence-corrected chi connectivity index (χ1v) is 5.46. The van der Waals surface area contributed by atoms with Crippen molar-refractivity contribution in [2.24, 2.45) is 17.8 Å². The third-order valence-corrected chi connectivity index (χ3v) is 3.52. The monoisotopic (exact) mass is 180 g/mol. The first-order chi connectivity index (χ1) is 6.18. The molecule has 0 radical (unpaired) electrons. The van der Waals surface area contributed by atoms with Crippen molar-refractivity contribution < 1.29 is 4.74 Å². The summed E-state index contributed by atoms with van der Waals surface area (Å²) in [5, 5.41) is 0. The Bertz CT molecular complexity index is 217. The Balaban J connectivity index is 2.16. The summed E-state index contributed by atoms with van der Waals surface area (Å²) in [7, 11) is 0. The summed E-state index contributed by atoms with van der Waals surface area (Å²) in [5.74, 6) is 2.18. The van der Waals surface area contributed by atoms with Gasteiger partial charge in [0, 0.05) is 5.92 Å². The van der Waals surface area contributed by atoms with Gasteiger partial charge in [-0.25, -0.2) is 0 Å². The molecule has 0 aromatic rings. The smallest absolute Gasteiger partial charge is 0.0663 e. The van der Waals surface area contributed by atoms with E-state index in [1.54, 1.807) is 5.57 Å². The van der Waals surface area contributed by atoms with Crippen LogP contribution in [-0.4, -0.2) is 12.7 Å². The van der Waals surface area contributed by atoms with Crippen molar-refractivity contribution in [2.75, 3.05) is 6.61 Å². The van der Waals surface area contributed by atoms with E-state index >= 15 is 0 Å². The normalized spacial score (nSPS) is 39.1. The maximum atomic E-state index is 5.94. The summed E-state index contributed by atoms with van der Waals surface area (Å²) >= 11 is 0. The molecule has 1 heterocycles. The molecule has 0 aromatic carbocycles. The summed E-state index contributed by atoms with van der Waals surface area (Å²) in [6.07, 6.45) is 5.52. The molecule has 74 valence electrons. The third kappa shape index (κ3) is 1.67. The molecule has 1 unspecified atom stereocenters. The van der Waals surface area contributed by atoms with Crippen LogP contribution in [0.25, 0.3) is 0 Å². The van der Waals surface area contributed by atoms with Crippen LogP contribution in [0.4, 0.5) is 0 Å². The van der Waals surface area contributed by atoms with E-state index in [0.717, 1.165) is 12.5 Å². The minimum atomic E-state index is 0.479. The molecule has 1 saturated heterocycles. The van der Waals surface area contributed by atoms with E-state index in [-0.39, 0.29) is 0 Å². The van der Waals surface area contributed by atoms with E-state index in [0.29, 0.717) is 17.9 Å². The van der Waals surface area contributed by atoms with Crippen LogP contribution in [0.15, 0.2) is 11.6 Å². The molecule has 1 aliphatic heterocycles. The van der Waals surface area contributed by atoms with Crippen LogP contribution >= 0.6 is 0 Å². The zero-order valence-corrected chi connectivity index (χ0v) is 8.92. The van der Waals surface area contributed by atoms with Gasteiger partial charge in [-0.1, -0.05) is 25.5 Å². The van der Waals surface area contributed by atoms with Gasteiger partial charge in [0.05, 0.1) is 12.7 Å². The van der Waals surface area contributed by atoms with Gasteiger partial charge in [0.15, 0.2) is 0 Å². The highest BCUT2D eigenvalue weighted by Gasteiger charge is 2.35. The van der Waals surface area contributed by atoms with E-state index in [1.165, 1.54) is 12.8 Å². The lowest BCUT2D eigenvalue weighted by atomic mass is 9.74. The molecular weight excluding hydrogens is 160 g/mol. The van der Waals surface area contributed by atoms with Crippen molar-refractivity contribution >= 4 is 0 Å². The number of fused-ring (bicyclic) bond motifs is 2. The van der Waals surface area contributed by atoms with Crippen molar-refractivity contribution in [3.63, 3.8) is 0 Å². The van der Waals surface area contributed by atoms with Crippen molar-refractivity contribution in [3.8, 4) is 0 Å². The second kappa shape index (κ2) is 3.45. The van der Waals surface area contributed by atoms with Gasteiger partial charge in [0.25, 0.3) is 0 Å². The van der Waals surface area contributed by atoms with Crippen LogP contribution in [0.3, 0.4) is 0 Å². The fourth-order valence-corrected chi connectivity index (χ4v) is 2.69. The number of rotatable bonds is 1. The van der Waals surface area contributed by atoms with E-state index < -0.39 is 0 Å². The zero-order chi connectivity index (χ0) is 9.42. The van der Waals surface area contributed by atoms with Crippen molar-refractivity contribution in [1.29, 1.82) is 0 Å². The topological polar surface area (TPSA) is 9.23 Å². The summed E-state index contributed by atoms with van der Waals surface area (Å²) in [4.78, 5) is 0. The standard InChI is InChI=1S/C12H20O/c1-8(2)12-11-6-10(7-13-12)5-4-9(11)3/h4,8,10-12H,5-7H2,1-3H3/t10-,11-,12?/m1/s1. The molecule has 2 bridgehead atoms. The number of hydrogen-bond acceptors (Lipinski definition) is 1. The van der Waals surface area contributed by atoms with Gasteiger partial charge in [0.2, 0.25) is 0 Å². The minimum Gasteiger partial charge on any atom is -0.377 e. The summed E-state index contributed by atoms with van der Waals surface area (Å²) in [6, 6.07) is 0. The number of allylic oxidation sites excluding steroid dienone is 1. The maximum Gasteiger partial charge on any atom is 0.0663 e. The highest BCUT2D eigenvalue weighted by Crippen LogP contribution is 2.39. The second-order valence-corrected chi connectivity index (χ2v) is 4.93. The lowest BCUT2D eigenvalue weighted by Crippen LogP contribution is -2.40.